The summed E-state index contributed by atoms with van der Waals surface area (Å²) >= 11 is 0. The number of hydrogen-bond donors (Lipinski definition) is 0. The van der Waals surface area contributed by atoms with Gasteiger partial charge in [0.1, 0.15) is 17.3 Å². The average molecular weight is 315 g/mol. The Morgan fingerprint density at radius 3 is 2.70 bits per heavy atom. The van der Waals surface area contributed by atoms with Gasteiger partial charge in [-0.25, -0.2) is 0 Å². The van der Waals surface area contributed by atoms with E-state index in [2.05, 4.69) is 27.1 Å². The number of nitrogens with zero attached hydrogens (tertiary/aromatic N) is 3. The van der Waals surface area contributed by atoms with Gasteiger partial charge in [0, 0.05) is 37.8 Å². The van der Waals surface area contributed by atoms with Crippen LogP contribution in [-0.4, -0.2) is 40.6 Å². The summed E-state index contributed by atoms with van der Waals surface area (Å²) in [7, 11) is 0. The lowest BCUT2D eigenvalue weighted by Gasteiger charge is -2.32. The fourth-order valence-corrected chi connectivity index (χ4v) is 4.19. The SMILES string of the molecule is Cc1ccc(CN2CC3CC2CN(Cc2c(C)noc2C)C3)o1. The minimum absolute atomic E-state index is 0.639. The van der Waals surface area contributed by atoms with Crippen molar-refractivity contribution in [2.45, 2.75) is 46.3 Å². The maximum Gasteiger partial charge on any atom is 0.138 e. The van der Waals surface area contributed by atoms with Gasteiger partial charge >= 0.3 is 0 Å². The first kappa shape index (κ1) is 15.0. The van der Waals surface area contributed by atoms with E-state index < -0.39 is 0 Å². The van der Waals surface area contributed by atoms with Gasteiger partial charge in [-0.3, -0.25) is 9.80 Å². The van der Waals surface area contributed by atoms with Gasteiger partial charge in [-0.05, 0) is 45.2 Å². The lowest BCUT2D eigenvalue weighted by Crippen LogP contribution is -2.41. The van der Waals surface area contributed by atoms with E-state index in [1.807, 2.05) is 20.8 Å². The third-order valence-corrected chi connectivity index (χ3v) is 5.32. The molecule has 2 aliphatic heterocycles. The van der Waals surface area contributed by atoms with Crippen molar-refractivity contribution in [1.29, 1.82) is 0 Å². The summed E-state index contributed by atoms with van der Waals surface area (Å²) in [6.45, 7) is 11.4. The average Bonchev–Trinajstić information content (AvgIpc) is 3.14. The van der Waals surface area contributed by atoms with Gasteiger partial charge in [0.25, 0.3) is 0 Å². The maximum absolute atomic E-state index is 5.76. The molecule has 2 saturated heterocycles. The third-order valence-electron chi connectivity index (χ3n) is 5.32. The van der Waals surface area contributed by atoms with Gasteiger partial charge < -0.3 is 8.94 Å². The second kappa shape index (κ2) is 5.80. The highest BCUT2D eigenvalue weighted by atomic mass is 16.5. The fourth-order valence-electron chi connectivity index (χ4n) is 4.19. The summed E-state index contributed by atoms with van der Waals surface area (Å²) in [6.07, 6.45) is 1.32. The number of rotatable bonds is 4. The zero-order chi connectivity index (χ0) is 16.0. The van der Waals surface area contributed by atoms with E-state index in [-0.39, 0.29) is 0 Å². The predicted molar refractivity (Wildman–Crippen MR) is 87.0 cm³/mol. The van der Waals surface area contributed by atoms with E-state index in [4.69, 9.17) is 8.94 Å². The highest BCUT2D eigenvalue weighted by molar-refractivity contribution is 5.20. The van der Waals surface area contributed by atoms with Crippen molar-refractivity contribution in [3.63, 3.8) is 0 Å². The van der Waals surface area contributed by atoms with Crippen LogP contribution in [0.25, 0.3) is 0 Å². The molecule has 0 saturated carbocycles. The zero-order valence-corrected chi connectivity index (χ0v) is 14.2. The minimum Gasteiger partial charge on any atom is -0.465 e. The monoisotopic (exact) mass is 315 g/mol. The number of piperidine rings is 1. The number of aromatic nitrogens is 1. The molecule has 124 valence electrons. The van der Waals surface area contributed by atoms with E-state index >= 15 is 0 Å². The van der Waals surface area contributed by atoms with E-state index in [1.54, 1.807) is 0 Å². The van der Waals surface area contributed by atoms with Gasteiger partial charge in [0.05, 0.1) is 12.2 Å². The molecule has 0 radical (unpaired) electrons. The maximum atomic E-state index is 5.76. The Morgan fingerprint density at radius 1 is 1.13 bits per heavy atom. The van der Waals surface area contributed by atoms with Crippen molar-refractivity contribution in [2.24, 2.45) is 5.92 Å². The molecule has 2 aromatic heterocycles. The first-order valence-corrected chi connectivity index (χ1v) is 8.52. The summed E-state index contributed by atoms with van der Waals surface area (Å²) < 4.78 is 11.1. The molecule has 5 nitrogen and oxygen atoms in total. The molecule has 0 aromatic carbocycles. The first-order chi connectivity index (χ1) is 11.1. The number of aryl methyl sites for hydroxylation is 3. The van der Waals surface area contributed by atoms with Crippen molar-refractivity contribution in [3.8, 4) is 0 Å². The summed E-state index contributed by atoms with van der Waals surface area (Å²) in [4.78, 5) is 5.16. The van der Waals surface area contributed by atoms with Crippen LogP contribution in [0.5, 0.6) is 0 Å². The normalized spacial score (nSPS) is 25.3. The van der Waals surface area contributed by atoms with Crippen LogP contribution in [0.2, 0.25) is 0 Å². The van der Waals surface area contributed by atoms with Gasteiger partial charge in [-0.1, -0.05) is 5.16 Å². The molecule has 23 heavy (non-hydrogen) atoms. The smallest absolute Gasteiger partial charge is 0.138 e. The molecule has 0 amide bonds. The molecule has 5 heteroatoms. The molecule has 2 unspecified atom stereocenters. The number of hydrogen-bond acceptors (Lipinski definition) is 5. The highest BCUT2D eigenvalue weighted by Gasteiger charge is 2.38. The molecule has 2 fully saturated rings. The minimum atomic E-state index is 0.639. The van der Waals surface area contributed by atoms with Crippen molar-refractivity contribution in [3.05, 3.63) is 40.7 Å². The van der Waals surface area contributed by atoms with Crippen LogP contribution in [0.1, 0.15) is 35.0 Å². The Morgan fingerprint density at radius 2 is 2.00 bits per heavy atom. The predicted octanol–water partition coefficient (Wildman–Crippen LogP) is 2.90. The molecule has 0 aliphatic carbocycles. The van der Waals surface area contributed by atoms with Crippen LogP contribution in [0.3, 0.4) is 0 Å². The Balaban J connectivity index is 1.42. The standard InChI is InChI=1S/C18H25N3O2/c1-12-4-5-17(22-12)10-21-8-15-6-16(21)9-20(7-15)11-18-13(2)19-23-14(18)3/h4-5,15-16H,6-11H2,1-3H3. The number of likely N-dealkylation sites (tertiary alicyclic amines) is 2. The van der Waals surface area contributed by atoms with E-state index in [1.165, 1.54) is 25.1 Å². The van der Waals surface area contributed by atoms with Gasteiger partial charge in [-0.15, -0.1) is 0 Å². The Labute approximate surface area is 137 Å². The van der Waals surface area contributed by atoms with Crippen LogP contribution in [0.15, 0.2) is 21.1 Å². The second-order valence-corrected chi connectivity index (χ2v) is 7.19. The van der Waals surface area contributed by atoms with Gasteiger partial charge in [0.15, 0.2) is 0 Å². The van der Waals surface area contributed by atoms with Crippen molar-refractivity contribution < 1.29 is 8.94 Å². The molecular weight excluding hydrogens is 290 g/mol. The topological polar surface area (TPSA) is 45.7 Å². The molecule has 4 heterocycles. The summed E-state index contributed by atoms with van der Waals surface area (Å²) in [5.41, 5.74) is 2.29. The Bertz CT molecular complexity index is 671. The van der Waals surface area contributed by atoms with Crippen molar-refractivity contribution >= 4 is 0 Å². The Hall–Kier alpha value is -1.59. The number of fused-ring (bicyclic) bond motifs is 2. The molecule has 2 atom stereocenters. The van der Waals surface area contributed by atoms with Crippen molar-refractivity contribution in [1.82, 2.24) is 15.0 Å². The second-order valence-electron chi connectivity index (χ2n) is 7.19. The van der Waals surface area contributed by atoms with Crippen LogP contribution in [-0.2, 0) is 13.1 Å². The van der Waals surface area contributed by atoms with E-state index in [0.717, 1.165) is 48.5 Å². The van der Waals surface area contributed by atoms with Crippen LogP contribution >= 0.6 is 0 Å². The highest BCUT2D eigenvalue weighted by Crippen LogP contribution is 2.32. The molecule has 2 aliphatic rings. The number of furan rings is 1. The van der Waals surface area contributed by atoms with Crippen LogP contribution in [0, 0.1) is 26.7 Å². The molecule has 2 aromatic rings. The summed E-state index contributed by atoms with van der Waals surface area (Å²) in [5, 5.41) is 4.08. The van der Waals surface area contributed by atoms with Crippen molar-refractivity contribution in [2.75, 3.05) is 19.6 Å². The first-order valence-electron chi connectivity index (χ1n) is 8.52. The largest absolute Gasteiger partial charge is 0.465 e. The molecular formula is C18H25N3O2. The van der Waals surface area contributed by atoms with Gasteiger partial charge in [-0.2, -0.15) is 0 Å². The molecule has 2 bridgehead atoms. The zero-order valence-electron chi connectivity index (χ0n) is 14.2. The molecule has 4 rings (SSSR count). The quantitative estimate of drug-likeness (QED) is 0.868. The lowest BCUT2D eigenvalue weighted by atomic mass is 9.99. The van der Waals surface area contributed by atoms with Gasteiger partial charge in [0.2, 0.25) is 0 Å². The summed E-state index contributed by atoms with van der Waals surface area (Å²) in [6, 6.07) is 4.81. The van der Waals surface area contributed by atoms with E-state index in [9.17, 15) is 0 Å². The van der Waals surface area contributed by atoms with E-state index in [0.29, 0.717) is 6.04 Å². The Kier molecular flexibility index (Phi) is 3.77. The lowest BCUT2D eigenvalue weighted by molar-refractivity contribution is 0.148. The third kappa shape index (κ3) is 2.95. The summed E-state index contributed by atoms with van der Waals surface area (Å²) in [5.74, 6) is 3.82. The molecule has 0 N–H and O–H groups in total. The fraction of sp³-hybridized carbons (Fsp3) is 0.611. The van der Waals surface area contributed by atoms with Crippen LogP contribution in [0.4, 0.5) is 0 Å². The van der Waals surface area contributed by atoms with Crippen LogP contribution < -0.4 is 0 Å². The molecule has 0 spiro atoms.